The lowest BCUT2D eigenvalue weighted by Crippen LogP contribution is -1.94. The zero-order valence-corrected chi connectivity index (χ0v) is 11.5. The fraction of sp³-hybridized carbons (Fsp3) is 0. The molecule has 0 atom stereocenters. The second-order valence-corrected chi connectivity index (χ2v) is 4.94. The van der Waals surface area contributed by atoms with Gasteiger partial charge >= 0.3 is 0 Å². The van der Waals surface area contributed by atoms with Gasteiger partial charge in [0.15, 0.2) is 0 Å². The molecule has 2 aromatic rings. The van der Waals surface area contributed by atoms with Crippen LogP contribution in [0, 0.1) is 14.9 Å². The maximum absolute atomic E-state index is 8.79. The van der Waals surface area contributed by atoms with Crippen molar-refractivity contribution in [3.8, 4) is 6.07 Å². The van der Waals surface area contributed by atoms with E-state index in [0.29, 0.717) is 16.4 Å². The molecule has 0 bridgehead atoms. The van der Waals surface area contributed by atoms with E-state index in [1.807, 2.05) is 18.2 Å². The molecule has 0 aliphatic heterocycles. The molecule has 1 aromatic carbocycles. The zero-order valence-electron chi connectivity index (χ0n) is 8.61. The number of anilines is 2. The smallest absolute Gasteiger partial charge is 0.131 e. The Hall–Kier alpha value is -1.32. The Kier molecular flexibility index (Phi) is 3.82. The zero-order chi connectivity index (χ0) is 12.3. The van der Waals surface area contributed by atoms with Crippen LogP contribution in [0.15, 0.2) is 36.5 Å². The number of benzene rings is 1. The molecule has 0 fully saturated rings. The van der Waals surface area contributed by atoms with Gasteiger partial charge < -0.3 is 5.32 Å². The van der Waals surface area contributed by atoms with Gasteiger partial charge in [-0.1, -0.05) is 11.6 Å². The van der Waals surface area contributed by atoms with Crippen molar-refractivity contribution in [2.45, 2.75) is 0 Å². The minimum absolute atomic E-state index is 0.559. The first-order valence-electron chi connectivity index (χ1n) is 4.77. The molecule has 0 aliphatic rings. The molecule has 0 unspecified atom stereocenters. The van der Waals surface area contributed by atoms with Gasteiger partial charge in [-0.15, -0.1) is 0 Å². The molecule has 84 valence electrons. The highest BCUT2D eigenvalue weighted by Crippen LogP contribution is 2.26. The van der Waals surface area contributed by atoms with Crippen molar-refractivity contribution in [2.24, 2.45) is 0 Å². The Labute approximate surface area is 118 Å². The predicted molar refractivity (Wildman–Crippen MR) is 76.4 cm³/mol. The summed E-state index contributed by atoms with van der Waals surface area (Å²) in [7, 11) is 0. The van der Waals surface area contributed by atoms with Crippen molar-refractivity contribution in [2.75, 3.05) is 5.32 Å². The summed E-state index contributed by atoms with van der Waals surface area (Å²) in [4.78, 5) is 4.12. The quantitative estimate of drug-likeness (QED) is 0.830. The Balaban J connectivity index is 2.28. The molecular formula is C12H7ClIN3. The monoisotopic (exact) mass is 355 g/mol. The van der Waals surface area contributed by atoms with Crippen LogP contribution < -0.4 is 5.32 Å². The number of aromatic nitrogens is 1. The fourth-order valence-corrected chi connectivity index (χ4v) is 2.20. The minimum atomic E-state index is 0.559. The predicted octanol–water partition coefficient (Wildman–Crippen LogP) is 3.95. The second-order valence-electron chi connectivity index (χ2n) is 3.29. The molecular weight excluding hydrogens is 349 g/mol. The van der Waals surface area contributed by atoms with Crippen molar-refractivity contribution in [3.63, 3.8) is 0 Å². The van der Waals surface area contributed by atoms with Gasteiger partial charge in [-0.25, -0.2) is 4.98 Å². The molecule has 1 N–H and O–H groups in total. The Morgan fingerprint density at radius 1 is 1.29 bits per heavy atom. The summed E-state index contributed by atoms with van der Waals surface area (Å²) in [6.07, 6.45) is 1.58. The lowest BCUT2D eigenvalue weighted by atomic mass is 10.2. The van der Waals surface area contributed by atoms with Crippen LogP contribution in [0.25, 0.3) is 0 Å². The van der Waals surface area contributed by atoms with Crippen molar-refractivity contribution in [1.29, 1.82) is 5.26 Å². The summed E-state index contributed by atoms with van der Waals surface area (Å²) in [5.74, 6) is 0.604. The summed E-state index contributed by atoms with van der Waals surface area (Å²) in [6.45, 7) is 0. The van der Waals surface area contributed by atoms with Crippen LogP contribution in [0.3, 0.4) is 0 Å². The van der Waals surface area contributed by atoms with Crippen LogP contribution >= 0.6 is 34.2 Å². The number of hydrogen-bond donors (Lipinski definition) is 1. The van der Waals surface area contributed by atoms with E-state index >= 15 is 0 Å². The topological polar surface area (TPSA) is 48.7 Å². The Morgan fingerprint density at radius 2 is 2.12 bits per heavy atom. The van der Waals surface area contributed by atoms with Gasteiger partial charge in [0.25, 0.3) is 0 Å². The molecule has 0 spiro atoms. The number of halogens is 2. The first-order valence-corrected chi connectivity index (χ1v) is 6.23. The largest absolute Gasteiger partial charge is 0.339 e. The fourth-order valence-electron chi connectivity index (χ4n) is 1.30. The van der Waals surface area contributed by atoms with E-state index in [-0.39, 0.29) is 0 Å². The Bertz CT molecular complexity index is 593. The van der Waals surface area contributed by atoms with E-state index in [1.165, 1.54) is 0 Å². The lowest BCUT2D eigenvalue weighted by Gasteiger charge is -2.07. The van der Waals surface area contributed by atoms with Crippen molar-refractivity contribution in [3.05, 3.63) is 50.7 Å². The molecule has 17 heavy (non-hydrogen) atoms. The van der Waals surface area contributed by atoms with E-state index in [0.717, 1.165) is 9.26 Å². The van der Waals surface area contributed by atoms with Crippen LogP contribution in [0.4, 0.5) is 11.5 Å². The van der Waals surface area contributed by atoms with Crippen molar-refractivity contribution >= 4 is 45.7 Å². The number of nitriles is 1. The van der Waals surface area contributed by atoms with Gasteiger partial charge in [-0.05, 0) is 52.9 Å². The van der Waals surface area contributed by atoms with Gasteiger partial charge in [-0.2, -0.15) is 5.26 Å². The molecule has 0 saturated carbocycles. The van der Waals surface area contributed by atoms with Crippen molar-refractivity contribution < 1.29 is 0 Å². The number of nitrogens with one attached hydrogen (secondary N) is 1. The molecule has 2 rings (SSSR count). The summed E-state index contributed by atoms with van der Waals surface area (Å²) >= 11 is 8.29. The number of nitrogens with zero attached hydrogens (tertiary/aromatic N) is 2. The maximum atomic E-state index is 8.79. The third-order valence-electron chi connectivity index (χ3n) is 2.08. The van der Waals surface area contributed by atoms with E-state index in [2.05, 4.69) is 39.0 Å². The van der Waals surface area contributed by atoms with Crippen LogP contribution in [-0.4, -0.2) is 4.98 Å². The number of pyridine rings is 1. The molecule has 3 nitrogen and oxygen atoms in total. The molecule has 5 heteroatoms. The SMILES string of the molecule is N#Cc1ccnc(Nc2ccc(I)cc2Cl)c1. The van der Waals surface area contributed by atoms with Crippen LogP contribution in [0.1, 0.15) is 5.56 Å². The van der Waals surface area contributed by atoms with E-state index in [9.17, 15) is 0 Å². The second kappa shape index (κ2) is 5.34. The first-order chi connectivity index (χ1) is 8.19. The average molecular weight is 356 g/mol. The Morgan fingerprint density at radius 3 is 2.82 bits per heavy atom. The molecule has 0 amide bonds. The highest BCUT2D eigenvalue weighted by molar-refractivity contribution is 14.1. The minimum Gasteiger partial charge on any atom is -0.339 e. The van der Waals surface area contributed by atoms with Crippen LogP contribution in [-0.2, 0) is 0 Å². The van der Waals surface area contributed by atoms with Gasteiger partial charge in [0, 0.05) is 9.77 Å². The molecule has 0 saturated heterocycles. The molecule has 1 aromatic heterocycles. The number of hydrogen-bond acceptors (Lipinski definition) is 3. The molecule has 1 heterocycles. The third kappa shape index (κ3) is 3.08. The van der Waals surface area contributed by atoms with Crippen molar-refractivity contribution in [1.82, 2.24) is 4.98 Å². The molecule has 0 radical (unpaired) electrons. The molecule has 0 aliphatic carbocycles. The number of rotatable bonds is 2. The average Bonchev–Trinajstić information content (AvgIpc) is 2.33. The highest BCUT2D eigenvalue weighted by Gasteiger charge is 2.02. The normalized spacial score (nSPS) is 9.71. The lowest BCUT2D eigenvalue weighted by molar-refractivity contribution is 1.29. The summed E-state index contributed by atoms with van der Waals surface area (Å²) in [6, 6.07) is 11.1. The summed E-state index contributed by atoms with van der Waals surface area (Å²) in [5.41, 5.74) is 1.33. The first kappa shape index (κ1) is 12.1. The summed E-state index contributed by atoms with van der Waals surface area (Å²) in [5, 5.41) is 12.5. The van der Waals surface area contributed by atoms with Gasteiger partial charge in [0.1, 0.15) is 5.82 Å². The summed E-state index contributed by atoms with van der Waals surface area (Å²) < 4.78 is 1.07. The van der Waals surface area contributed by atoms with Gasteiger partial charge in [0.2, 0.25) is 0 Å². The van der Waals surface area contributed by atoms with Gasteiger partial charge in [-0.3, -0.25) is 0 Å². The van der Waals surface area contributed by atoms with Gasteiger partial charge in [0.05, 0.1) is 22.3 Å². The van der Waals surface area contributed by atoms with E-state index in [4.69, 9.17) is 16.9 Å². The van der Waals surface area contributed by atoms with Crippen LogP contribution in [0.5, 0.6) is 0 Å². The highest BCUT2D eigenvalue weighted by atomic mass is 127. The van der Waals surface area contributed by atoms with E-state index < -0.39 is 0 Å². The maximum Gasteiger partial charge on any atom is 0.131 e. The third-order valence-corrected chi connectivity index (χ3v) is 3.07. The van der Waals surface area contributed by atoms with E-state index in [1.54, 1.807) is 18.3 Å². The van der Waals surface area contributed by atoms with Crippen LogP contribution in [0.2, 0.25) is 5.02 Å². The standard InChI is InChI=1S/C12H7ClIN3/c13-10-6-9(14)1-2-11(10)17-12-5-8(7-15)3-4-16-12/h1-6H,(H,16,17).